The Morgan fingerprint density at radius 2 is 1.24 bits per heavy atom. The van der Waals surface area contributed by atoms with E-state index in [-0.39, 0.29) is 12.8 Å². The van der Waals surface area contributed by atoms with Crippen LogP contribution in [-0.4, -0.2) is 76.6 Å². The van der Waals surface area contributed by atoms with Crippen LogP contribution < -0.4 is 5.32 Å². The Labute approximate surface area is 218 Å². The molecule has 37 heavy (non-hydrogen) atoms. The first-order chi connectivity index (χ1) is 17.3. The summed E-state index contributed by atoms with van der Waals surface area (Å²) in [7, 11) is 2.91. The Morgan fingerprint density at radius 1 is 0.811 bits per heavy atom. The summed E-state index contributed by atoms with van der Waals surface area (Å²) in [5.74, 6) is -2.18. The van der Waals surface area contributed by atoms with Crippen molar-refractivity contribution in [1.82, 2.24) is 15.1 Å². The van der Waals surface area contributed by atoms with Gasteiger partial charge in [0.05, 0.1) is 0 Å². The molecular formula is C28H37N3O6. The second-order valence-electron chi connectivity index (χ2n) is 10.0. The second kappa shape index (κ2) is 12.9. The number of amides is 3. The zero-order valence-electron chi connectivity index (χ0n) is 22.3. The van der Waals surface area contributed by atoms with E-state index in [1.54, 1.807) is 45.0 Å². The summed E-state index contributed by atoms with van der Waals surface area (Å²) in [6, 6.07) is 15.1. The van der Waals surface area contributed by atoms with E-state index >= 15 is 0 Å². The van der Waals surface area contributed by atoms with Crippen molar-refractivity contribution < 1.29 is 29.0 Å². The molecule has 0 bridgehead atoms. The molecule has 0 unspecified atom stereocenters. The Bertz CT molecular complexity index is 1070. The number of hydrogen-bond donors (Lipinski definition) is 2. The Balaban J connectivity index is 2.29. The molecule has 3 atom stereocenters. The molecule has 0 saturated carbocycles. The van der Waals surface area contributed by atoms with Crippen molar-refractivity contribution >= 4 is 23.9 Å². The number of likely N-dealkylation sites (N-methyl/N-ethyl adjacent to an activating group) is 2. The number of carbonyl (C=O) groups is 4. The largest absolute Gasteiger partial charge is 0.480 e. The Kier molecular flexibility index (Phi) is 10.2. The zero-order valence-corrected chi connectivity index (χ0v) is 22.3. The maximum atomic E-state index is 13.7. The summed E-state index contributed by atoms with van der Waals surface area (Å²) in [6.45, 7) is 6.64. The van der Waals surface area contributed by atoms with Crippen LogP contribution in [0.1, 0.15) is 38.8 Å². The lowest BCUT2D eigenvalue weighted by Crippen LogP contribution is -2.57. The molecule has 0 fully saturated rings. The predicted octanol–water partition coefficient (Wildman–Crippen LogP) is 3.12. The van der Waals surface area contributed by atoms with E-state index < -0.39 is 47.6 Å². The van der Waals surface area contributed by atoms with Gasteiger partial charge in [-0.1, -0.05) is 60.7 Å². The van der Waals surface area contributed by atoms with Crippen LogP contribution in [0.25, 0.3) is 0 Å². The van der Waals surface area contributed by atoms with Crippen molar-refractivity contribution in [2.75, 3.05) is 14.1 Å². The minimum atomic E-state index is -1.15. The maximum absolute atomic E-state index is 13.7. The molecule has 0 aliphatic rings. The van der Waals surface area contributed by atoms with Crippen LogP contribution in [-0.2, 0) is 32.0 Å². The van der Waals surface area contributed by atoms with Gasteiger partial charge >= 0.3 is 12.1 Å². The number of alkyl carbamates (subject to hydrolysis) is 1. The third-order valence-corrected chi connectivity index (χ3v) is 5.85. The summed E-state index contributed by atoms with van der Waals surface area (Å²) >= 11 is 0. The average molecular weight is 512 g/mol. The van der Waals surface area contributed by atoms with Gasteiger partial charge in [-0.2, -0.15) is 0 Å². The van der Waals surface area contributed by atoms with E-state index in [0.717, 1.165) is 11.1 Å². The van der Waals surface area contributed by atoms with Gasteiger partial charge < -0.3 is 25.0 Å². The van der Waals surface area contributed by atoms with Crippen LogP contribution in [0.2, 0.25) is 0 Å². The average Bonchev–Trinajstić information content (AvgIpc) is 2.84. The minimum absolute atomic E-state index is 0.116. The van der Waals surface area contributed by atoms with Gasteiger partial charge in [0.1, 0.15) is 23.7 Å². The molecule has 0 aliphatic carbocycles. The van der Waals surface area contributed by atoms with Crippen molar-refractivity contribution in [3.8, 4) is 0 Å². The SMILES string of the molecule is C[C@H](NC(=O)OC(C)(C)C)C(=O)N(C)[C@@H](Cc1ccccc1)C(=O)N(C)[C@@H](Cc1ccccc1)C(=O)O. The smallest absolute Gasteiger partial charge is 0.408 e. The van der Waals surface area contributed by atoms with Crippen LogP contribution in [0.3, 0.4) is 0 Å². The number of carboxylic acid groups (broad SMARTS) is 1. The van der Waals surface area contributed by atoms with Crippen LogP contribution in [0.5, 0.6) is 0 Å². The van der Waals surface area contributed by atoms with Gasteiger partial charge in [-0.15, -0.1) is 0 Å². The van der Waals surface area contributed by atoms with E-state index in [1.165, 1.54) is 30.8 Å². The molecule has 0 saturated heterocycles. The lowest BCUT2D eigenvalue weighted by Gasteiger charge is -2.35. The van der Waals surface area contributed by atoms with Crippen molar-refractivity contribution in [2.45, 2.75) is 64.3 Å². The monoisotopic (exact) mass is 511 g/mol. The van der Waals surface area contributed by atoms with Gasteiger partial charge in [-0.05, 0) is 38.8 Å². The summed E-state index contributed by atoms with van der Waals surface area (Å²) in [5.41, 5.74) is 0.836. The number of carboxylic acids is 1. The van der Waals surface area contributed by atoms with Gasteiger partial charge in [0, 0.05) is 26.9 Å². The highest BCUT2D eigenvalue weighted by atomic mass is 16.6. The van der Waals surface area contributed by atoms with Crippen molar-refractivity contribution in [1.29, 1.82) is 0 Å². The summed E-state index contributed by atoms with van der Waals surface area (Å²) in [5, 5.41) is 12.4. The number of benzene rings is 2. The van der Waals surface area contributed by atoms with Crippen LogP contribution in [0.15, 0.2) is 60.7 Å². The Hall–Kier alpha value is -3.88. The first-order valence-electron chi connectivity index (χ1n) is 12.1. The zero-order chi connectivity index (χ0) is 27.8. The molecule has 200 valence electrons. The quantitative estimate of drug-likeness (QED) is 0.506. The molecule has 0 spiro atoms. The minimum Gasteiger partial charge on any atom is -0.480 e. The molecule has 2 aromatic carbocycles. The number of ether oxygens (including phenoxy) is 1. The summed E-state index contributed by atoms with van der Waals surface area (Å²) in [4.78, 5) is 53.8. The highest BCUT2D eigenvalue weighted by Crippen LogP contribution is 2.16. The molecule has 0 aromatic heterocycles. The standard InChI is InChI=1S/C28H37N3O6/c1-19(29-27(36)37-28(2,3)4)24(32)30(5)22(17-20-13-9-7-10-14-20)25(33)31(6)23(26(34)35)18-21-15-11-8-12-16-21/h7-16,19,22-23H,17-18H2,1-6H3,(H,29,36)(H,34,35)/t19-,22-,23-/m0/s1. The topological polar surface area (TPSA) is 116 Å². The third-order valence-electron chi connectivity index (χ3n) is 5.85. The fourth-order valence-corrected chi connectivity index (χ4v) is 3.85. The number of rotatable bonds is 10. The van der Waals surface area contributed by atoms with Crippen molar-refractivity contribution in [3.05, 3.63) is 71.8 Å². The molecule has 2 rings (SSSR count). The molecule has 0 radical (unpaired) electrons. The van der Waals surface area contributed by atoms with Crippen molar-refractivity contribution in [2.24, 2.45) is 0 Å². The molecule has 2 N–H and O–H groups in total. The number of hydrogen-bond acceptors (Lipinski definition) is 5. The van der Waals surface area contributed by atoms with E-state index in [1.807, 2.05) is 36.4 Å². The van der Waals surface area contributed by atoms with Crippen LogP contribution in [0.4, 0.5) is 4.79 Å². The fraction of sp³-hybridized carbons (Fsp3) is 0.429. The maximum Gasteiger partial charge on any atom is 0.408 e. The second-order valence-corrected chi connectivity index (χ2v) is 10.0. The number of nitrogens with one attached hydrogen (secondary N) is 1. The third kappa shape index (κ3) is 8.93. The van der Waals surface area contributed by atoms with E-state index in [4.69, 9.17) is 4.74 Å². The number of nitrogens with zero attached hydrogens (tertiary/aromatic N) is 2. The lowest BCUT2D eigenvalue weighted by molar-refractivity contribution is -0.153. The molecule has 3 amide bonds. The van der Waals surface area contributed by atoms with E-state index in [0.29, 0.717) is 0 Å². The summed E-state index contributed by atoms with van der Waals surface area (Å²) in [6.07, 6.45) is -0.466. The molecule has 2 aromatic rings. The van der Waals surface area contributed by atoms with Crippen LogP contribution >= 0.6 is 0 Å². The molecule has 0 aliphatic heterocycles. The van der Waals surface area contributed by atoms with E-state index in [9.17, 15) is 24.3 Å². The highest BCUT2D eigenvalue weighted by Gasteiger charge is 2.36. The first-order valence-corrected chi connectivity index (χ1v) is 12.1. The highest BCUT2D eigenvalue weighted by molar-refractivity contribution is 5.92. The van der Waals surface area contributed by atoms with Gasteiger partial charge in [0.15, 0.2) is 0 Å². The Morgan fingerprint density at radius 3 is 1.68 bits per heavy atom. The van der Waals surface area contributed by atoms with Crippen molar-refractivity contribution in [3.63, 3.8) is 0 Å². The van der Waals surface area contributed by atoms with Gasteiger partial charge in [-0.3, -0.25) is 9.59 Å². The lowest BCUT2D eigenvalue weighted by atomic mass is 10.0. The first kappa shape index (κ1) is 29.4. The predicted molar refractivity (Wildman–Crippen MR) is 140 cm³/mol. The fourth-order valence-electron chi connectivity index (χ4n) is 3.85. The van der Waals surface area contributed by atoms with E-state index in [2.05, 4.69) is 5.32 Å². The molecule has 0 heterocycles. The number of carbonyl (C=O) groups excluding carboxylic acids is 3. The van der Waals surface area contributed by atoms with Crippen LogP contribution in [0, 0.1) is 0 Å². The van der Waals surface area contributed by atoms with Gasteiger partial charge in [0.2, 0.25) is 11.8 Å². The molecular weight excluding hydrogens is 474 g/mol. The van der Waals surface area contributed by atoms with Gasteiger partial charge in [-0.25, -0.2) is 9.59 Å². The number of aliphatic carboxylic acids is 1. The molecule has 9 nitrogen and oxygen atoms in total. The molecule has 9 heteroatoms. The summed E-state index contributed by atoms with van der Waals surface area (Å²) < 4.78 is 5.23. The van der Waals surface area contributed by atoms with Gasteiger partial charge in [0.25, 0.3) is 0 Å². The normalized spacial score (nSPS) is 13.6.